The van der Waals surface area contributed by atoms with Gasteiger partial charge in [-0.05, 0) is 34.1 Å². The zero-order chi connectivity index (χ0) is 14.7. The predicted molar refractivity (Wildman–Crippen MR) is 72.3 cm³/mol. The topological polar surface area (TPSA) is 81.4 Å². The Balaban J connectivity index is 0.00000361. The highest BCUT2D eigenvalue weighted by atomic mass is 79.9. The van der Waals surface area contributed by atoms with Gasteiger partial charge in [-0.15, -0.1) is 25.6 Å². The molecule has 116 valence electrons. The Morgan fingerprint density at radius 1 is 1.35 bits per heavy atom. The van der Waals surface area contributed by atoms with Gasteiger partial charge in [0.25, 0.3) is 0 Å². The zero-order valence-electron chi connectivity index (χ0n) is 9.78. The molecule has 0 aliphatic carbocycles. The summed E-state index contributed by atoms with van der Waals surface area (Å²) in [7, 11) is -3.83. The van der Waals surface area contributed by atoms with E-state index in [9.17, 15) is 21.6 Å². The quantitative estimate of drug-likeness (QED) is 0.793. The van der Waals surface area contributed by atoms with Gasteiger partial charge in [0.1, 0.15) is 5.75 Å². The van der Waals surface area contributed by atoms with E-state index in [2.05, 4.69) is 25.4 Å². The minimum absolute atomic E-state index is 0. The number of rotatable bonds is 5. The summed E-state index contributed by atoms with van der Waals surface area (Å²) in [6.45, 7) is 0.127. The first kappa shape index (κ1) is 19.4. The fraction of sp³-hybridized carbons (Fsp3) is 0.333. The van der Waals surface area contributed by atoms with Crippen LogP contribution in [0.5, 0.6) is 5.75 Å². The van der Waals surface area contributed by atoms with Crippen molar-refractivity contribution in [3.8, 4) is 5.75 Å². The Morgan fingerprint density at radius 3 is 2.40 bits per heavy atom. The molecule has 0 radical (unpaired) electrons. The normalized spacial score (nSPS) is 11.8. The van der Waals surface area contributed by atoms with Gasteiger partial charge in [-0.3, -0.25) is 0 Å². The lowest BCUT2D eigenvalue weighted by molar-refractivity contribution is -0.274. The fourth-order valence-electron chi connectivity index (χ4n) is 1.17. The monoisotopic (exact) mass is 398 g/mol. The molecule has 0 saturated carbocycles. The van der Waals surface area contributed by atoms with Crippen LogP contribution in [0.2, 0.25) is 0 Å². The highest BCUT2D eigenvalue weighted by Gasteiger charge is 2.31. The maximum absolute atomic E-state index is 12.0. The Kier molecular flexibility index (Phi) is 7.25. The number of hydrogen-bond acceptors (Lipinski definition) is 4. The number of hydrogen-bond donors (Lipinski definition) is 2. The van der Waals surface area contributed by atoms with Crippen molar-refractivity contribution in [2.75, 3.05) is 13.1 Å². The molecule has 0 saturated heterocycles. The molecule has 0 unspecified atom stereocenters. The molecular formula is C9H11BrClF3N2O3S. The van der Waals surface area contributed by atoms with E-state index in [0.29, 0.717) is 0 Å². The Hall–Kier alpha value is -0.550. The van der Waals surface area contributed by atoms with Crippen molar-refractivity contribution in [1.29, 1.82) is 0 Å². The average Bonchev–Trinajstić information content (AvgIpc) is 2.23. The van der Waals surface area contributed by atoms with Crippen molar-refractivity contribution in [2.45, 2.75) is 11.3 Å². The fourth-order valence-corrected chi connectivity index (χ4v) is 3.27. The van der Waals surface area contributed by atoms with Gasteiger partial charge in [-0.25, -0.2) is 13.1 Å². The number of alkyl halides is 3. The molecular weight excluding hydrogens is 389 g/mol. The second kappa shape index (κ2) is 7.46. The lowest BCUT2D eigenvalue weighted by Gasteiger charge is -2.11. The number of nitrogens with one attached hydrogen (secondary N) is 1. The summed E-state index contributed by atoms with van der Waals surface area (Å²) in [5, 5.41) is 0. The van der Waals surface area contributed by atoms with Crippen LogP contribution in [0.1, 0.15) is 0 Å². The van der Waals surface area contributed by atoms with E-state index in [1.807, 2.05) is 0 Å². The number of benzene rings is 1. The van der Waals surface area contributed by atoms with Gasteiger partial charge in [0.15, 0.2) is 0 Å². The van der Waals surface area contributed by atoms with Crippen LogP contribution in [0.25, 0.3) is 0 Å². The van der Waals surface area contributed by atoms with Crippen LogP contribution in [0, 0.1) is 0 Å². The summed E-state index contributed by atoms with van der Waals surface area (Å²) in [4.78, 5) is -0.199. The molecule has 11 heteroatoms. The van der Waals surface area contributed by atoms with Crippen molar-refractivity contribution in [3.05, 3.63) is 22.7 Å². The molecule has 0 bridgehead atoms. The van der Waals surface area contributed by atoms with E-state index in [0.717, 1.165) is 18.2 Å². The maximum Gasteiger partial charge on any atom is 0.573 e. The van der Waals surface area contributed by atoms with E-state index >= 15 is 0 Å². The van der Waals surface area contributed by atoms with Gasteiger partial charge in [-0.2, -0.15) is 0 Å². The minimum atomic E-state index is -4.84. The molecule has 3 N–H and O–H groups in total. The van der Waals surface area contributed by atoms with Gasteiger partial charge in [0, 0.05) is 17.6 Å². The van der Waals surface area contributed by atoms with Crippen LogP contribution in [-0.4, -0.2) is 27.9 Å². The molecule has 0 heterocycles. The van der Waals surface area contributed by atoms with Gasteiger partial charge >= 0.3 is 6.36 Å². The third kappa shape index (κ3) is 5.83. The number of sulfonamides is 1. The number of nitrogens with two attached hydrogens (primary N) is 1. The van der Waals surface area contributed by atoms with Crippen LogP contribution in [0.3, 0.4) is 0 Å². The van der Waals surface area contributed by atoms with E-state index in [1.54, 1.807) is 0 Å². The minimum Gasteiger partial charge on any atom is -0.406 e. The molecule has 0 atom stereocenters. The SMILES string of the molecule is Cl.NCCNS(=O)(=O)c1ccc(OC(F)(F)F)cc1Br. The molecule has 1 aromatic carbocycles. The summed E-state index contributed by atoms with van der Waals surface area (Å²) >= 11 is 2.88. The van der Waals surface area contributed by atoms with Gasteiger partial charge < -0.3 is 10.5 Å². The number of halogens is 5. The van der Waals surface area contributed by atoms with Crippen molar-refractivity contribution >= 4 is 38.4 Å². The summed E-state index contributed by atoms with van der Waals surface area (Å²) in [5.74, 6) is -0.517. The summed E-state index contributed by atoms with van der Waals surface area (Å²) in [6, 6.07) is 2.84. The Labute approximate surface area is 128 Å². The van der Waals surface area contributed by atoms with Gasteiger partial charge in [0.05, 0.1) is 4.90 Å². The third-order valence-corrected chi connectivity index (χ3v) is 4.30. The Morgan fingerprint density at radius 2 is 1.95 bits per heavy atom. The standard InChI is InChI=1S/C9H10BrF3N2O3S.ClH/c10-7-5-6(18-9(11,12)13)1-2-8(7)19(16,17)15-4-3-14;/h1-2,5,15H,3-4,14H2;1H. The third-order valence-electron chi connectivity index (χ3n) is 1.86. The second-order valence-corrected chi connectivity index (χ2v) is 5.92. The smallest absolute Gasteiger partial charge is 0.406 e. The van der Waals surface area contributed by atoms with E-state index in [1.165, 1.54) is 0 Å². The highest BCUT2D eigenvalue weighted by molar-refractivity contribution is 9.10. The largest absolute Gasteiger partial charge is 0.573 e. The van der Waals surface area contributed by atoms with E-state index in [4.69, 9.17) is 5.73 Å². The summed E-state index contributed by atoms with van der Waals surface area (Å²) in [5.41, 5.74) is 5.16. The maximum atomic E-state index is 12.0. The lowest BCUT2D eigenvalue weighted by Crippen LogP contribution is -2.29. The van der Waals surface area contributed by atoms with Crippen LogP contribution >= 0.6 is 28.3 Å². The molecule has 20 heavy (non-hydrogen) atoms. The predicted octanol–water partition coefficient (Wildman–Crippen LogP) is 2.01. The molecule has 1 aromatic rings. The molecule has 0 aromatic heterocycles. The van der Waals surface area contributed by atoms with Crippen LogP contribution in [0.4, 0.5) is 13.2 Å². The van der Waals surface area contributed by atoms with Crippen molar-refractivity contribution in [3.63, 3.8) is 0 Å². The van der Waals surface area contributed by atoms with E-state index in [-0.39, 0.29) is 34.9 Å². The highest BCUT2D eigenvalue weighted by Crippen LogP contribution is 2.29. The van der Waals surface area contributed by atoms with E-state index < -0.39 is 22.1 Å². The summed E-state index contributed by atoms with van der Waals surface area (Å²) in [6.07, 6.45) is -4.84. The van der Waals surface area contributed by atoms with Crippen LogP contribution < -0.4 is 15.2 Å². The first-order chi connectivity index (χ1) is 8.65. The molecule has 0 amide bonds. The summed E-state index contributed by atoms with van der Waals surface area (Å²) < 4.78 is 65.3. The van der Waals surface area contributed by atoms with Gasteiger partial charge in [-0.1, -0.05) is 0 Å². The van der Waals surface area contributed by atoms with Crippen molar-refractivity contribution in [1.82, 2.24) is 4.72 Å². The molecule has 0 spiro atoms. The first-order valence-corrected chi connectivity index (χ1v) is 7.18. The molecule has 1 rings (SSSR count). The van der Waals surface area contributed by atoms with Crippen molar-refractivity contribution < 1.29 is 26.3 Å². The Bertz CT molecular complexity index is 554. The van der Waals surface area contributed by atoms with Crippen LogP contribution in [0.15, 0.2) is 27.6 Å². The molecule has 0 aliphatic rings. The molecule has 0 fully saturated rings. The van der Waals surface area contributed by atoms with Crippen LogP contribution in [-0.2, 0) is 10.0 Å². The van der Waals surface area contributed by atoms with Gasteiger partial charge in [0.2, 0.25) is 10.0 Å². The second-order valence-electron chi connectivity index (χ2n) is 3.33. The number of ether oxygens (including phenoxy) is 1. The molecule has 0 aliphatic heterocycles. The zero-order valence-corrected chi connectivity index (χ0v) is 13.0. The van der Waals surface area contributed by atoms with Crippen molar-refractivity contribution in [2.24, 2.45) is 5.73 Å². The molecule has 5 nitrogen and oxygen atoms in total. The first-order valence-electron chi connectivity index (χ1n) is 4.91. The lowest BCUT2D eigenvalue weighted by atomic mass is 10.3. The average molecular weight is 400 g/mol.